The van der Waals surface area contributed by atoms with Gasteiger partial charge in [-0.3, -0.25) is 14.2 Å². The van der Waals surface area contributed by atoms with Crippen molar-refractivity contribution < 1.29 is 18.0 Å². The molecule has 9 heteroatoms. The number of rotatable bonds is 5. The molecule has 5 aromatic rings. The van der Waals surface area contributed by atoms with Crippen molar-refractivity contribution in [2.75, 3.05) is 5.32 Å². The third-order valence-corrected chi connectivity index (χ3v) is 6.05. The molecule has 0 aliphatic heterocycles. The van der Waals surface area contributed by atoms with Crippen LogP contribution >= 0.6 is 22.6 Å². The Balaban J connectivity index is 1.60. The van der Waals surface area contributed by atoms with E-state index >= 15 is 0 Å². The molecule has 0 saturated carbocycles. The summed E-state index contributed by atoms with van der Waals surface area (Å²) in [5.41, 5.74) is 2.55. The van der Waals surface area contributed by atoms with E-state index in [1.165, 1.54) is 36.4 Å². The van der Waals surface area contributed by atoms with Crippen LogP contribution in [0.1, 0.15) is 15.9 Å². The number of hydrogen-bond acceptors (Lipinski definition) is 3. The fourth-order valence-corrected chi connectivity index (χ4v) is 4.32. The van der Waals surface area contributed by atoms with E-state index in [0.29, 0.717) is 22.6 Å². The second-order valence-electron chi connectivity index (χ2n) is 7.72. The Morgan fingerprint density at radius 3 is 2.49 bits per heavy atom. The van der Waals surface area contributed by atoms with Crippen molar-refractivity contribution in [1.82, 2.24) is 14.4 Å². The molecule has 1 amide bonds. The smallest absolute Gasteiger partial charge is 0.322 e. The number of carbonyl (C=O) groups excluding carboxylic acids is 1. The van der Waals surface area contributed by atoms with Crippen molar-refractivity contribution in [3.05, 3.63) is 108 Å². The van der Waals surface area contributed by atoms with Crippen molar-refractivity contribution >= 4 is 39.7 Å². The number of nitrogens with one attached hydrogen (secondary N) is 1. The highest BCUT2D eigenvalue weighted by atomic mass is 127. The molecule has 35 heavy (non-hydrogen) atoms. The SMILES string of the molecule is O=C(Nc1ccc(F)cc1)c1cc(-c2cccn3c(-c4cccnc4)ncc23)ccc1C(F)(F)I. The van der Waals surface area contributed by atoms with Gasteiger partial charge in [-0.25, -0.2) is 9.37 Å². The quantitative estimate of drug-likeness (QED) is 0.180. The lowest BCUT2D eigenvalue weighted by Crippen LogP contribution is -2.18. The molecular formula is C26H16F3IN4O. The molecule has 2 aromatic carbocycles. The second-order valence-corrected chi connectivity index (χ2v) is 9.07. The average Bonchev–Trinajstić information content (AvgIpc) is 3.29. The zero-order chi connectivity index (χ0) is 24.6. The molecule has 0 atom stereocenters. The number of halogens is 4. The van der Waals surface area contributed by atoms with Gasteiger partial charge in [-0.2, -0.15) is 8.78 Å². The third-order valence-electron chi connectivity index (χ3n) is 5.47. The van der Waals surface area contributed by atoms with Crippen molar-refractivity contribution in [3.63, 3.8) is 0 Å². The van der Waals surface area contributed by atoms with E-state index < -0.39 is 21.2 Å². The minimum Gasteiger partial charge on any atom is -0.322 e. The number of imidazole rings is 1. The Morgan fingerprint density at radius 1 is 0.971 bits per heavy atom. The van der Waals surface area contributed by atoms with E-state index in [9.17, 15) is 18.0 Å². The summed E-state index contributed by atoms with van der Waals surface area (Å²) < 4.78 is 40.6. The van der Waals surface area contributed by atoms with E-state index in [1.54, 1.807) is 24.7 Å². The lowest BCUT2D eigenvalue weighted by atomic mass is 9.98. The third kappa shape index (κ3) is 4.63. The van der Waals surface area contributed by atoms with E-state index in [4.69, 9.17) is 0 Å². The average molecular weight is 584 g/mol. The van der Waals surface area contributed by atoms with Crippen molar-refractivity contribution in [1.29, 1.82) is 0 Å². The maximum Gasteiger partial charge on any atom is 0.322 e. The Bertz CT molecular complexity index is 1530. The first-order chi connectivity index (χ1) is 16.8. The van der Waals surface area contributed by atoms with Crippen LogP contribution in [0.4, 0.5) is 18.9 Å². The standard InChI is InChI=1S/C26H16F3IN4O/c27-18-6-8-19(9-7-18)33-25(35)21-13-16(5-10-22(21)26(28,29)30)20-4-2-12-34-23(20)15-32-24(34)17-3-1-11-31-14-17/h1-15H,(H,33,35). The normalized spacial score (nSPS) is 11.5. The van der Waals surface area contributed by atoms with Crippen LogP contribution in [0.3, 0.4) is 0 Å². The Morgan fingerprint density at radius 2 is 1.77 bits per heavy atom. The summed E-state index contributed by atoms with van der Waals surface area (Å²) >= 11 is 1.00. The molecule has 0 fully saturated rings. The van der Waals surface area contributed by atoms with Crippen LogP contribution in [0.15, 0.2) is 91.5 Å². The number of hydrogen-bond donors (Lipinski definition) is 1. The molecule has 0 aliphatic rings. The summed E-state index contributed by atoms with van der Waals surface area (Å²) in [6.07, 6.45) is 6.92. The van der Waals surface area contributed by atoms with Gasteiger partial charge in [-0.15, -0.1) is 0 Å². The van der Waals surface area contributed by atoms with Gasteiger partial charge in [0, 0.05) is 63.6 Å². The summed E-state index contributed by atoms with van der Waals surface area (Å²) in [5.74, 6) is -0.509. The van der Waals surface area contributed by atoms with Gasteiger partial charge in [0.2, 0.25) is 0 Å². The molecule has 0 unspecified atom stereocenters. The highest BCUT2D eigenvalue weighted by Gasteiger charge is 2.32. The predicted octanol–water partition coefficient (Wildman–Crippen LogP) is 6.94. The van der Waals surface area contributed by atoms with E-state index in [2.05, 4.69) is 15.3 Å². The molecule has 5 nitrogen and oxygen atoms in total. The molecular weight excluding hydrogens is 568 g/mol. The molecule has 174 valence electrons. The maximum absolute atomic E-state index is 14.4. The van der Waals surface area contributed by atoms with Crippen LogP contribution in [-0.2, 0) is 3.93 Å². The van der Waals surface area contributed by atoms with E-state index in [1.807, 2.05) is 34.9 Å². The Labute approximate surface area is 211 Å². The number of anilines is 1. The van der Waals surface area contributed by atoms with Crippen molar-refractivity contribution in [3.8, 4) is 22.5 Å². The molecule has 0 aliphatic carbocycles. The molecule has 0 radical (unpaired) electrons. The maximum atomic E-state index is 14.4. The number of nitrogens with zero attached hydrogens (tertiary/aromatic N) is 3. The minimum absolute atomic E-state index is 0.180. The number of amides is 1. The molecule has 0 spiro atoms. The van der Waals surface area contributed by atoms with Gasteiger partial charge in [-0.1, -0.05) is 18.2 Å². The molecule has 3 heterocycles. The summed E-state index contributed by atoms with van der Waals surface area (Å²) in [6, 6.07) is 16.7. The van der Waals surface area contributed by atoms with Crippen LogP contribution in [0, 0.1) is 5.82 Å². The van der Waals surface area contributed by atoms with Gasteiger partial charge in [0.05, 0.1) is 17.3 Å². The number of pyridine rings is 2. The fourth-order valence-electron chi connectivity index (χ4n) is 3.85. The first-order valence-electron chi connectivity index (χ1n) is 10.5. The van der Waals surface area contributed by atoms with Gasteiger partial charge < -0.3 is 5.32 Å². The zero-order valence-electron chi connectivity index (χ0n) is 17.9. The van der Waals surface area contributed by atoms with E-state index in [-0.39, 0.29) is 5.56 Å². The summed E-state index contributed by atoms with van der Waals surface area (Å²) in [7, 11) is 0. The van der Waals surface area contributed by atoms with Crippen LogP contribution < -0.4 is 5.32 Å². The second kappa shape index (κ2) is 9.14. The largest absolute Gasteiger partial charge is 0.322 e. The number of benzene rings is 2. The Hall–Kier alpha value is -3.73. The highest BCUT2D eigenvalue weighted by molar-refractivity contribution is 14.1. The first kappa shape index (κ1) is 23.0. The lowest BCUT2D eigenvalue weighted by molar-refractivity contribution is 0.0995. The van der Waals surface area contributed by atoms with E-state index in [0.717, 1.165) is 33.7 Å². The molecule has 5 rings (SSSR count). The topological polar surface area (TPSA) is 59.3 Å². The van der Waals surface area contributed by atoms with Gasteiger partial charge >= 0.3 is 3.93 Å². The molecule has 0 saturated heterocycles. The number of alkyl halides is 3. The minimum atomic E-state index is -3.28. The predicted molar refractivity (Wildman–Crippen MR) is 136 cm³/mol. The molecule has 3 aromatic heterocycles. The number of carbonyl (C=O) groups is 1. The van der Waals surface area contributed by atoms with Gasteiger partial charge in [0.1, 0.15) is 11.6 Å². The van der Waals surface area contributed by atoms with Crippen LogP contribution in [0.5, 0.6) is 0 Å². The molecule has 1 N–H and O–H groups in total. The summed E-state index contributed by atoms with van der Waals surface area (Å²) in [4.78, 5) is 21.7. The lowest BCUT2D eigenvalue weighted by Gasteiger charge is -2.16. The zero-order valence-corrected chi connectivity index (χ0v) is 20.1. The highest BCUT2D eigenvalue weighted by Crippen LogP contribution is 2.39. The Kier molecular flexibility index (Phi) is 6.01. The first-order valence-corrected chi connectivity index (χ1v) is 11.5. The van der Waals surface area contributed by atoms with Crippen LogP contribution in [0.25, 0.3) is 28.0 Å². The number of aromatic nitrogens is 3. The van der Waals surface area contributed by atoms with Gasteiger partial charge in [0.25, 0.3) is 5.91 Å². The van der Waals surface area contributed by atoms with Crippen molar-refractivity contribution in [2.24, 2.45) is 0 Å². The number of fused-ring (bicyclic) bond motifs is 1. The summed E-state index contributed by atoms with van der Waals surface area (Å²) in [6.45, 7) is 0. The van der Waals surface area contributed by atoms with Crippen LogP contribution in [-0.4, -0.2) is 20.3 Å². The van der Waals surface area contributed by atoms with Gasteiger partial charge in [-0.05, 0) is 54.1 Å². The molecule has 0 bridgehead atoms. The fraction of sp³-hybridized carbons (Fsp3) is 0.0385. The summed E-state index contributed by atoms with van der Waals surface area (Å²) in [5, 5.41) is 2.57. The monoisotopic (exact) mass is 584 g/mol. The van der Waals surface area contributed by atoms with Crippen LogP contribution in [0.2, 0.25) is 0 Å². The van der Waals surface area contributed by atoms with Crippen molar-refractivity contribution in [2.45, 2.75) is 3.93 Å². The van der Waals surface area contributed by atoms with Gasteiger partial charge in [0.15, 0.2) is 0 Å².